The summed E-state index contributed by atoms with van der Waals surface area (Å²) in [5.41, 5.74) is 0.334. The van der Waals surface area contributed by atoms with E-state index in [9.17, 15) is 18.8 Å². The zero-order chi connectivity index (χ0) is 20.5. The summed E-state index contributed by atoms with van der Waals surface area (Å²) in [5.74, 6) is -2.02. The number of hydrogen-bond donors (Lipinski definition) is 0. The molecule has 29 heavy (non-hydrogen) atoms. The Morgan fingerprint density at radius 2 is 1.69 bits per heavy atom. The molecule has 1 unspecified atom stereocenters. The Bertz CT molecular complexity index is 957. The highest BCUT2D eigenvalue weighted by atomic mass is 35.5. The lowest BCUT2D eigenvalue weighted by Crippen LogP contribution is -2.50. The van der Waals surface area contributed by atoms with E-state index >= 15 is 0 Å². The van der Waals surface area contributed by atoms with Gasteiger partial charge in [0.2, 0.25) is 5.91 Å². The number of nitrogens with zero attached hydrogens (tertiary/aromatic N) is 2. The number of anilines is 1. The molecule has 0 N–H and O–H groups in total. The lowest BCUT2D eigenvalue weighted by Gasteiger charge is -2.33. The van der Waals surface area contributed by atoms with Gasteiger partial charge >= 0.3 is 0 Å². The summed E-state index contributed by atoms with van der Waals surface area (Å²) in [7, 11) is 0. The summed E-state index contributed by atoms with van der Waals surface area (Å²) in [6, 6.07) is 11.0. The van der Waals surface area contributed by atoms with E-state index in [1.165, 1.54) is 23.1 Å². The van der Waals surface area contributed by atoms with Gasteiger partial charge in [-0.3, -0.25) is 14.4 Å². The van der Waals surface area contributed by atoms with Gasteiger partial charge in [0, 0.05) is 11.1 Å². The molecule has 4 rings (SSSR count). The van der Waals surface area contributed by atoms with E-state index in [1.54, 1.807) is 30.3 Å². The number of carbonyl (C=O) groups excluding carboxylic acids is 3. The number of hydrogen-bond acceptors (Lipinski definition) is 3. The van der Waals surface area contributed by atoms with Crippen LogP contribution in [0.4, 0.5) is 10.1 Å². The monoisotopic (exact) mass is 414 g/mol. The maximum absolute atomic E-state index is 14.3. The molecular formula is C22H20ClFN2O3. The maximum Gasteiger partial charge on any atom is 0.257 e. The average Bonchev–Trinajstić information content (AvgIpc) is 3.32. The number of rotatable bonds is 4. The van der Waals surface area contributed by atoms with Gasteiger partial charge in [-0.15, -0.1) is 0 Å². The molecule has 1 aliphatic carbocycles. The van der Waals surface area contributed by atoms with Gasteiger partial charge in [-0.05, 0) is 49.2 Å². The third-order valence-corrected chi connectivity index (χ3v) is 5.85. The Hall–Kier alpha value is -2.73. The predicted molar refractivity (Wildman–Crippen MR) is 107 cm³/mol. The van der Waals surface area contributed by atoms with Gasteiger partial charge in [-0.25, -0.2) is 9.29 Å². The molecule has 3 amide bonds. The second-order valence-electron chi connectivity index (χ2n) is 7.39. The Kier molecular flexibility index (Phi) is 5.37. The first-order valence-electron chi connectivity index (χ1n) is 9.67. The predicted octanol–water partition coefficient (Wildman–Crippen LogP) is 4.20. The normalized spacial score (nSPS) is 19.8. The van der Waals surface area contributed by atoms with Crippen LogP contribution in [0.3, 0.4) is 0 Å². The summed E-state index contributed by atoms with van der Waals surface area (Å²) in [4.78, 5) is 41.7. The van der Waals surface area contributed by atoms with Crippen LogP contribution in [0.5, 0.6) is 0 Å². The summed E-state index contributed by atoms with van der Waals surface area (Å²) >= 11 is 5.90. The number of amides is 3. The molecule has 0 aromatic heterocycles. The minimum absolute atomic E-state index is 0.0791. The van der Waals surface area contributed by atoms with Gasteiger partial charge in [0.25, 0.3) is 11.8 Å². The molecule has 2 aromatic rings. The van der Waals surface area contributed by atoms with Crippen LogP contribution in [0.15, 0.2) is 48.5 Å². The van der Waals surface area contributed by atoms with Gasteiger partial charge in [-0.2, -0.15) is 0 Å². The molecule has 1 saturated carbocycles. The van der Waals surface area contributed by atoms with Crippen LogP contribution in [0, 0.1) is 5.82 Å². The molecule has 1 aliphatic heterocycles. The van der Waals surface area contributed by atoms with Gasteiger partial charge in [0.15, 0.2) is 0 Å². The van der Waals surface area contributed by atoms with Crippen molar-refractivity contribution in [3.05, 3.63) is 64.9 Å². The maximum atomic E-state index is 14.3. The van der Waals surface area contributed by atoms with Crippen LogP contribution in [0.1, 0.15) is 42.5 Å². The fourth-order valence-electron chi connectivity index (χ4n) is 4.21. The molecule has 2 aromatic carbocycles. The van der Waals surface area contributed by atoms with Crippen LogP contribution in [0.2, 0.25) is 5.02 Å². The van der Waals surface area contributed by atoms with Gasteiger partial charge < -0.3 is 4.90 Å². The van der Waals surface area contributed by atoms with Crippen LogP contribution in [-0.4, -0.2) is 34.7 Å². The van der Waals surface area contributed by atoms with Gasteiger partial charge in [0.1, 0.15) is 11.9 Å². The molecule has 0 spiro atoms. The Labute approximate surface area is 173 Å². The average molecular weight is 415 g/mol. The van der Waals surface area contributed by atoms with E-state index in [1.807, 2.05) is 0 Å². The molecule has 7 heteroatoms. The third-order valence-electron chi connectivity index (χ3n) is 5.60. The van der Waals surface area contributed by atoms with E-state index < -0.39 is 23.7 Å². The number of carbonyl (C=O) groups is 3. The molecule has 0 bridgehead atoms. The van der Waals surface area contributed by atoms with Crippen molar-refractivity contribution >= 4 is 35.0 Å². The Morgan fingerprint density at radius 1 is 1.03 bits per heavy atom. The van der Waals surface area contributed by atoms with Crippen molar-refractivity contribution in [2.24, 2.45) is 0 Å². The standard InChI is InChI=1S/C22H20ClFN2O3/c23-14-9-11-16(12-10-14)26-20(27)13-19(22(26)29)25(15-5-1-2-6-15)21(28)17-7-3-4-8-18(17)24/h3-4,7-12,15,19H,1-2,5-6,13H2. The first-order valence-corrected chi connectivity index (χ1v) is 10.0. The van der Waals surface area contributed by atoms with Crippen molar-refractivity contribution in [1.82, 2.24) is 4.90 Å². The van der Waals surface area contributed by atoms with Gasteiger partial charge in [-0.1, -0.05) is 36.6 Å². The summed E-state index contributed by atoms with van der Waals surface area (Å²) in [6.45, 7) is 0. The van der Waals surface area contributed by atoms with Crippen molar-refractivity contribution in [1.29, 1.82) is 0 Å². The van der Waals surface area contributed by atoms with Crippen molar-refractivity contribution < 1.29 is 18.8 Å². The number of benzene rings is 2. The Balaban J connectivity index is 1.69. The van der Waals surface area contributed by atoms with E-state index in [4.69, 9.17) is 11.6 Å². The largest absolute Gasteiger partial charge is 0.323 e. The van der Waals surface area contributed by atoms with Crippen molar-refractivity contribution in [3.8, 4) is 0 Å². The molecule has 150 valence electrons. The van der Waals surface area contributed by atoms with E-state index in [2.05, 4.69) is 0 Å². The first-order chi connectivity index (χ1) is 14.0. The van der Waals surface area contributed by atoms with Gasteiger partial charge in [0.05, 0.1) is 17.7 Å². The smallest absolute Gasteiger partial charge is 0.257 e. The zero-order valence-electron chi connectivity index (χ0n) is 15.7. The highest BCUT2D eigenvalue weighted by Crippen LogP contribution is 2.33. The van der Waals surface area contributed by atoms with Crippen LogP contribution in [-0.2, 0) is 9.59 Å². The first kappa shape index (κ1) is 19.6. The molecule has 1 atom stereocenters. The van der Waals surface area contributed by atoms with Crippen molar-refractivity contribution in [2.45, 2.75) is 44.2 Å². The SMILES string of the molecule is O=C1CC(N(C(=O)c2ccccc2F)C2CCCC2)C(=O)N1c1ccc(Cl)cc1. The minimum Gasteiger partial charge on any atom is -0.323 e. The highest BCUT2D eigenvalue weighted by Gasteiger charge is 2.47. The highest BCUT2D eigenvalue weighted by molar-refractivity contribution is 6.31. The Morgan fingerprint density at radius 3 is 2.34 bits per heavy atom. The summed E-state index contributed by atoms with van der Waals surface area (Å²) in [5, 5.41) is 0.492. The fraction of sp³-hybridized carbons (Fsp3) is 0.318. The molecule has 1 heterocycles. The lowest BCUT2D eigenvalue weighted by atomic mass is 10.1. The zero-order valence-corrected chi connectivity index (χ0v) is 16.4. The van der Waals surface area contributed by atoms with Crippen LogP contribution >= 0.6 is 11.6 Å². The van der Waals surface area contributed by atoms with E-state index in [0.717, 1.165) is 30.6 Å². The molecule has 1 saturated heterocycles. The topological polar surface area (TPSA) is 57.7 Å². The lowest BCUT2D eigenvalue weighted by molar-refractivity contribution is -0.123. The van der Waals surface area contributed by atoms with E-state index in [0.29, 0.717) is 10.7 Å². The van der Waals surface area contributed by atoms with Crippen molar-refractivity contribution in [3.63, 3.8) is 0 Å². The molecule has 2 aliphatic rings. The fourth-order valence-corrected chi connectivity index (χ4v) is 4.34. The van der Waals surface area contributed by atoms with Crippen molar-refractivity contribution in [2.75, 3.05) is 4.90 Å². The second-order valence-corrected chi connectivity index (χ2v) is 7.83. The summed E-state index contributed by atoms with van der Waals surface area (Å²) < 4.78 is 14.3. The summed E-state index contributed by atoms with van der Waals surface area (Å²) in [6.07, 6.45) is 3.22. The molecule has 5 nitrogen and oxygen atoms in total. The quantitative estimate of drug-likeness (QED) is 0.704. The minimum atomic E-state index is -0.937. The second kappa shape index (κ2) is 7.95. The molecule has 2 fully saturated rings. The molecular weight excluding hydrogens is 395 g/mol. The third kappa shape index (κ3) is 3.65. The number of halogens is 2. The molecule has 0 radical (unpaired) electrons. The van der Waals surface area contributed by atoms with E-state index in [-0.39, 0.29) is 23.9 Å². The van der Waals surface area contributed by atoms with Crippen LogP contribution < -0.4 is 4.90 Å². The number of imide groups is 1. The van der Waals surface area contributed by atoms with Crippen LogP contribution in [0.25, 0.3) is 0 Å².